The van der Waals surface area contributed by atoms with Crippen LogP contribution in [-0.2, 0) is 12.5 Å². The molecule has 0 saturated carbocycles. The third-order valence-corrected chi connectivity index (χ3v) is 8.56. The van der Waals surface area contributed by atoms with Gasteiger partial charge in [0.1, 0.15) is 18.1 Å². The molecule has 3 aromatic carbocycles. The summed E-state index contributed by atoms with van der Waals surface area (Å²) in [5.74, 6) is -3.90. The van der Waals surface area contributed by atoms with Gasteiger partial charge >= 0.3 is 0 Å². The number of carbonyl (C=O) groups excluding carboxylic acids is 2. The van der Waals surface area contributed by atoms with E-state index >= 15 is 8.78 Å². The van der Waals surface area contributed by atoms with Crippen LogP contribution in [0.4, 0.5) is 20.2 Å². The van der Waals surface area contributed by atoms with Crippen LogP contribution in [0.1, 0.15) is 49.1 Å². The molecule has 2 aromatic heterocycles. The highest BCUT2D eigenvalue weighted by Gasteiger charge is 2.48. The molecule has 1 saturated heterocycles. The third kappa shape index (κ3) is 5.28. The Morgan fingerprint density at radius 1 is 1.06 bits per heavy atom. The summed E-state index contributed by atoms with van der Waals surface area (Å²) < 4.78 is 42.5. The molecule has 0 bridgehead atoms. The average Bonchev–Trinajstić information content (AvgIpc) is 3.86. The van der Waals surface area contributed by atoms with Crippen molar-refractivity contribution in [1.82, 2.24) is 19.8 Å². The van der Waals surface area contributed by atoms with Crippen molar-refractivity contribution in [2.24, 2.45) is 0 Å². The number of hydrogen-bond donors (Lipinski definition) is 1. The molecule has 13 heteroatoms. The van der Waals surface area contributed by atoms with Gasteiger partial charge in [-0.15, -0.1) is 0 Å². The Labute approximate surface area is 267 Å². The number of anilines is 2. The van der Waals surface area contributed by atoms with E-state index in [0.717, 1.165) is 5.56 Å². The van der Waals surface area contributed by atoms with Gasteiger partial charge in [0.05, 0.1) is 42.8 Å². The number of methoxy groups -OCH3 is 1. The molecule has 236 valence electrons. The summed E-state index contributed by atoms with van der Waals surface area (Å²) in [7, 11) is 1.43. The molecule has 1 N–H and O–H groups in total. The number of ether oxygens (including phenoxy) is 1. The van der Waals surface area contributed by atoms with Gasteiger partial charge in [0.15, 0.2) is 5.69 Å². The van der Waals surface area contributed by atoms with E-state index in [1.54, 1.807) is 40.2 Å². The van der Waals surface area contributed by atoms with Gasteiger partial charge in [0.2, 0.25) is 0 Å². The molecule has 2 aliphatic rings. The molecule has 7 rings (SSSR count). The number of rotatable bonds is 8. The number of nitrogens with one attached hydrogen (secondary N) is 1. The van der Waals surface area contributed by atoms with Crippen molar-refractivity contribution in [1.29, 1.82) is 5.26 Å². The normalized spacial score (nSPS) is 17.6. The molecule has 11 nitrogen and oxygen atoms in total. The highest BCUT2D eigenvalue weighted by Crippen LogP contribution is 2.41. The van der Waals surface area contributed by atoms with Crippen molar-refractivity contribution < 1.29 is 27.6 Å². The number of benzene rings is 3. The molecule has 0 unspecified atom stereocenters. The quantitative estimate of drug-likeness (QED) is 0.246. The minimum absolute atomic E-state index is 0.134. The smallest absolute Gasteiger partial charge is 0.298 e. The van der Waals surface area contributed by atoms with E-state index in [1.807, 2.05) is 6.07 Å². The average molecular weight is 636 g/mol. The van der Waals surface area contributed by atoms with Crippen LogP contribution in [-0.4, -0.2) is 57.9 Å². The predicted molar refractivity (Wildman–Crippen MR) is 165 cm³/mol. The van der Waals surface area contributed by atoms with Crippen molar-refractivity contribution in [3.8, 4) is 11.8 Å². The standard InChI is InChI=1S/C34H27F2N7O4/c1-46-30-12-7-22(13-23(30)14-37)32(44)40-27-16-38-43-29-19-41(17-21-15-39-47-20-21)18-28(29)42(33(45)31(27)43)26-10-8-25(9-11-26)34(35,36)24-5-3-2-4-6-24/h2-13,15-16,20,28-29H,17-19H2,1H3,(H,40,44)/t28-,29-/m0/s1. The van der Waals surface area contributed by atoms with Crippen LogP contribution in [0.2, 0.25) is 0 Å². The lowest BCUT2D eigenvalue weighted by atomic mass is 9.99. The second-order valence-corrected chi connectivity index (χ2v) is 11.4. The lowest BCUT2D eigenvalue weighted by Gasteiger charge is -2.37. The molecular formula is C34H27F2N7O4. The van der Waals surface area contributed by atoms with Gasteiger partial charge in [-0.25, -0.2) is 0 Å². The number of amides is 2. The lowest BCUT2D eigenvalue weighted by Crippen LogP contribution is -2.51. The predicted octanol–water partition coefficient (Wildman–Crippen LogP) is 5.23. The number of carbonyl (C=O) groups is 2. The number of nitriles is 1. The zero-order valence-electron chi connectivity index (χ0n) is 25.0. The van der Waals surface area contributed by atoms with Crippen molar-refractivity contribution in [2.45, 2.75) is 24.6 Å². The Hall–Kier alpha value is -5.87. The van der Waals surface area contributed by atoms with E-state index in [1.165, 1.54) is 67.9 Å². The van der Waals surface area contributed by atoms with Crippen LogP contribution >= 0.6 is 0 Å². The fourth-order valence-electron chi connectivity index (χ4n) is 6.30. The third-order valence-electron chi connectivity index (χ3n) is 8.56. The number of hydrogen-bond acceptors (Lipinski definition) is 8. The van der Waals surface area contributed by atoms with Gasteiger partial charge in [0.25, 0.3) is 17.7 Å². The van der Waals surface area contributed by atoms with Crippen molar-refractivity contribution in [3.05, 3.63) is 125 Å². The van der Waals surface area contributed by atoms with Gasteiger partial charge in [-0.3, -0.25) is 19.2 Å². The second-order valence-electron chi connectivity index (χ2n) is 11.4. The zero-order chi connectivity index (χ0) is 32.7. The van der Waals surface area contributed by atoms with Crippen LogP contribution in [0.15, 0.2) is 96.0 Å². The number of nitrogens with zero attached hydrogens (tertiary/aromatic N) is 6. The van der Waals surface area contributed by atoms with E-state index < -0.39 is 23.8 Å². The van der Waals surface area contributed by atoms with Crippen LogP contribution < -0.4 is 15.0 Å². The summed E-state index contributed by atoms with van der Waals surface area (Å²) >= 11 is 0. The number of alkyl halides is 2. The number of halogens is 2. The van der Waals surface area contributed by atoms with Gasteiger partial charge in [-0.1, -0.05) is 47.6 Å². The molecule has 5 aromatic rings. The minimum atomic E-state index is -3.24. The Kier molecular flexibility index (Phi) is 7.49. The van der Waals surface area contributed by atoms with Crippen molar-refractivity contribution in [3.63, 3.8) is 0 Å². The monoisotopic (exact) mass is 635 g/mol. The second kappa shape index (κ2) is 11.8. The highest BCUT2D eigenvalue weighted by atomic mass is 19.3. The molecule has 1 fully saturated rings. The molecule has 47 heavy (non-hydrogen) atoms. The summed E-state index contributed by atoms with van der Waals surface area (Å²) in [6, 6.07) is 19.0. The first-order chi connectivity index (χ1) is 22.8. The van der Waals surface area contributed by atoms with Crippen LogP contribution in [0.25, 0.3) is 0 Å². The first kappa shape index (κ1) is 29.8. The van der Waals surface area contributed by atoms with Gasteiger partial charge in [0, 0.05) is 47.6 Å². The maximum Gasteiger partial charge on any atom is 0.298 e. The van der Waals surface area contributed by atoms with Crippen molar-refractivity contribution >= 4 is 23.2 Å². The van der Waals surface area contributed by atoms with E-state index in [2.05, 4.69) is 20.5 Å². The Morgan fingerprint density at radius 3 is 2.51 bits per heavy atom. The van der Waals surface area contributed by atoms with Crippen LogP contribution in [0.5, 0.6) is 5.75 Å². The molecule has 2 atom stereocenters. The largest absolute Gasteiger partial charge is 0.495 e. The number of aromatic nitrogens is 3. The first-order valence-corrected chi connectivity index (χ1v) is 14.7. The summed E-state index contributed by atoms with van der Waals surface area (Å²) in [6.45, 7) is 1.49. The molecule has 2 amide bonds. The fraction of sp³-hybridized carbons (Fsp3) is 0.206. The summed E-state index contributed by atoms with van der Waals surface area (Å²) in [4.78, 5) is 31.4. The van der Waals surface area contributed by atoms with E-state index in [9.17, 15) is 14.9 Å². The van der Waals surface area contributed by atoms with E-state index in [-0.39, 0.29) is 39.7 Å². The maximum absolute atomic E-state index is 15.4. The summed E-state index contributed by atoms with van der Waals surface area (Å²) in [5.41, 5.74) is 1.66. The van der Waals surface area contributed by atoms with Crippen LogP contribution in [0, 0.1) is 11.3 Å². The molecule has 0 radical (unpaired) electrons. The maximum atomic E-state index is 15.4. The Morgan fingerprint density at radius 2 is 1.81 bits per heavy atom. The van der Waals surface area contributed by atoms with Gasteiger partial charge in [-0.2, -0.15) is 19.1 Å². The van der Waals surface area contributed by atoms with Gasteiger partial charge in [-0.05, 0) is 30.3 Å². The minimum Gasteiger partial charge on any atom is -0.495 e. The van der Waals surface area contributed by atoms with Gasteiger partial charge < -0.3 is 19.5 Å². The van der Waals surface area contributed by atoms with Crippen LogP contribution in [0.3, 0.4) is 0 Å². The van der Waals surface area contributed by atoms with E-state index in [4.69, 9.17) is 9.26 Å². The SMILES string of the molecule is COc1ccc(C(=O)Nc2cnn3c2C(=O)N(c2ccc(C(F)(F)c4ccccc4)cc2)[C@H]2CN(Cc4cnoc4)C[C@@H]23)cc1C#N. The Bertz CT molecular complexity index is 1990. The molecular weight excluding hydrogens is 608 g/mol. The fourth-order valence-corrected chi connectivity index (χ4v) is 6.30. The van der Waals surface area contributed by atoms with Crippen molar-refractivity contribution in [2.75, 3.05) is 30.4 Å². The molecule has 0 spiro atoms. The zero-order valence-corrected chi connectivity index (χ0v) is 25.0. The summed E-state index contributed by atoms with van der Waals surface area (Å²) in [5, 5.41) is 20.6. The Balaban J connectivity index is 1.23. The lowest BCUT2D eigenvalue weighted by molar-refractivity contribution is 0.0428. The topological polar surface area (TPSA) is 130 Å². The molecule has 4 heterocycles. The summed E-state index contributed by atoms with van der Waals surface area (Å²) in [6.07, 6.45) is 4.60. The first-order valence-electron chi connectivity index (χ1n) is 14.7. The van der Waals surface area contributed by atoms with E-state index in [0.29, 0.717) is 31.1 Å². The number of fused-ring (bicyclic) bond motifs is 3. The molecule has 2 aliphatic heterocycles. The number of likely N-dealkylation sites (tertiary alicyclic amines) is 1. The highest BCUT2D eigenvalue weighted by molar-refractivity contribution is 6.13. The molecule has 0 aliphatic carbocycles.